The summed E-state index contributed by atoms with van der Waals surface area (Å²) in [5, 5.41) is 8.86. The molecule has 0 atom stereocenters. The number of aliphatic hydroxyl groups excluding tert-OH is 1. The molecule has 0 unspecified atom stereocenters. The van der Waals surface area contributed by atoms with E-state index in [1.54, 1.807) is 11.0 Å². The van der Waals surface area contributed by atoms with Crippen LogP contribution in [-0.4, -0.2) is 42.2 Å². The molecule has 20 heavy (non-hydrogen) atoms. The van der Waals surface area contributed by atoms with E-state index in [0.717, 1.165) is 0 Å². The molecule has 112 valence electrons. The second-order valence-corrected chi connectivity index (χ2v) is 4.90. The van der Waals surface area contributed by atoms with Gasteiger partial charge in [-0.1, -0.05) is 6.07 Å². The third-order valence-corrected chi connectivity index (χ3v) is 3.07. The molecule has 4 nitrogen and oxygen atoms in total. The smallest absolute Gasteiger partial charge is 0.227 e. The number of nitrogens with zero attached hydrogens (tertiary/aromatic N) is 1. The van der Waals surface area contributed by atoms with Crippen molar-refractivity contribution >= 4 is 5.91 Å². The van der Waals surface area contributed by atoms with Crippen molar-refractivity contribution in [2.75, 3.05) is 20.3 Å². The number of carbonyl (C=O) groups excluding carboxylic acids is 1. The van der Waals surface area contributed by atoms with Gasteiger partial charge in [-0.05, 0) is 38.0 Å². The lowest BCUT2D eigenvalue weighted by molar-refractivity contribution is -0.132. The Morgan fingerprint density at radius 3 is 2.65 bits per heavy atom. The van der Waals surface area contributed by atoms with E-state index in [2.05, 4.69) is 0 Å². The Morgan fingerprint density at radius 1 is 1.45 bits per heavy atom. The van der Waals surface area contributed by atoms with Crippen LogP contribution in [0.4, 0.5) is 4.39 Å². The van der Waals surface area contributed by atoms with Crippen molar-refractivity contribution in [3.63, 3.8) is 0 Å². The Bertz CT molecular complexity index is 449. The number of aliphatic hydroxyl groups is 1. The van der Waals surface area contributed by atoms with Crippen LogP contribution in [0.5, 0.6) is 5.75 Å². The van der Waals surface area contributed by atoms with Gasteiger partial charge in [0, 0.05) is 19.2 Å². The van der Waals surface area contributed by atoms with Crippen LogP contribution in [0, 0.1) is 5.82 Å². The first-order valence-electron chi connectivity index (χ1n) is 6.72. The fourth-order valence-electron chi connectivity index (χ4n) is 2.01. The number of methoxy groups -OCH3 is 1. The molecule has 0 heterocycles. The Morgan fingerprint density at radius 2 is 2.15 bits per heavy atom. The van der Waals surface area contributed by atoms with Crippen molar-refractivity contribution in [1.29, 1.82) is 0 Å². The molecule has 0 aliphatic rings. The van der Waals surface area contributed by atoms with Crippen molar-refractivity contribution in [2.45, 2.75) is 32.7 Å². The zero-order valence-electron chi connectivity index (χ0n) is 12.2. The van der Waals surface area contributed by atoms with Gasteiger partial charge in [0.25, 0.3) is 0 Å². The predicted molar refractivity (Wildman–Crippen MR) is 75.2 cm³/mol. The minimum absolute atomic E-state index is 0.0493. The maximum atomic E-state index is 13.6. The van der Waals surface area contributed by atoms with Crippen molar-refractivity contribution in [3.8, 4) is 5.75 Å². The molecular formula is C15H22FNO3. The molecule has 0 bridgehead atoms. The van der Waals surface area contributed by atoms with E-state index < -0.39 is 5.82 Å². The molecule has 1 rings (SSSR count). The molecule has 1 N–H and O–H groups in total. The van der Waals surface area contributed by atoms with Gasteiger partial charge in [-0.15, -0.1) is 0 Å². The normalized spacial score (nSPS) is 10.7. The number of benzene rings is 1. The summed E-state index contributed by atoms with van der Waals surface area (Å²) in [6.45, 7) is 4.40. The van der Waals surface area contributed by atoms with Gasteiger partial charge in [0.1, 0.15) is 0 Å². The van der Waals surface area contributed by atoms with Crippen LogP contribution < -0.4 is 4.74 Å². The number of hydrogen-bond acceptors (Lipinski definition) is 3. The lowest BCUT2D eigenvalue weighted by Gasteiger charge is -2.26. The Kier molecular flexibility index (Phi) is 6.45. The summed E-state index contributed by atoms with van der Waals surface area (Å²) in [4.78, 5) is 13.9. The SMILES string of the molecule is COc1ccc(CC(=O)N(CCCO)C(C)C)cc1F. The summed E-state index contributed by atoms with van der Waals surface area (Å²) in [5.74, 6) is -0.371. The first-order chi connectivity index (χ1) is 9.49. The summed E-state index contributed by atoms with van der Waals surface area (Å²) in [5.41, 5.74) is 0.614. The van der Waals surface area contributed by atoms with Crippen LogP contribution in [0.15, 0.2) is 18.2 Å². The molecule has 1 amide bonds. The second-order valence-electron chi connectivity index (χ2n) is 4.90. The summed E-state index contributed by atoms with van der Waals surface area (Å²) in [6.07, 6.45) is 0.686. The molecule has 1 aromatic rings. The average molecular weight is 283 g/mol. The largest absolute Gasteiger partial charge is 0.494 e. The third kappa shape index (κ3) is 4.49. The Hall–Kier alpha value is -1.62. The highest BCUT2D eigenvalue weighted by molar-refractivity contribution is 5.79. The Labute approximate surface area is 119 Å². The van der Waals surface area contributed by atoms with Crippen molar-refractivity contribution in [1.82, 2.24) is 4.90 Å². The van der Waals surface area contributed by atoms with Crippen LogP contribution in [0.3, 0.4) is 0 Å². The fourth-order valence-corrected chi connectivity index (χ4v) is 2.01. The summed E-state index contributed by atoms with van der Waals surface area (Å²) in [7, 11) is 1.40. The second kappa shape index (κ2) is 7.85. The maximum absolute atomic E-state index is 13.6. The first-order valence-corrected chi connectivity index (χ1v) is 6.72. The molecule has 0 saturated heterocycles. The van der Waals surface area contributed by atoms with Crippen LogP contribution in [0.2, 0.25) is 0 Å². The molecule has 0 aliphatic carbocycles. The summed E-state index contributed by atoms with van der Waals surface area (Å²) < 4.78 is 18.4. The highest BCUT2D eigenvalue weighted by Gasteiger charge is 2.17. The Balaban J connectivity index is 2.74. The van der Waals surface area contributed by atoms with Crippen LogP contribution >= 0.6 is 0 Å². The van der Waals surface area contributed by atoms with E-state index in [-0.39, 0.29) is 30.7 Å². The number of hydrogen-bond donors (Lipinski definition) is 1. The van der Waals surface area contributed by atoms with Gasteiger partial charge in [-0.25, -0.2) is 4.39 Å². The lowest BCUT2D eigenvalue weighted by Crippen LogP contribution is -2.39. The van der Waals surface area contributed by atoms with Gasteiger partial charge in [0.15, 0.2) is 11.6 Å². The van der Waals surface area contributed by atoms with Crippen molar-refractivity contribution in [3.05, 3.63) is 29.6 Å². The molecule has 1 aromatic carbocycles. The molecule has 0 spiro atoms. The van der Waals surface area contributed by atoms with E-state index >= 15 is 0 Å². The van der Waals surface area contributed by atoms with Crippen LogP contribution in [0.25, 0.3) is 0 Å². The number of halogens is 1. The molecule has 0 radical (unpaired) electrons. The van der Waals surface area contributed by atoms with Gasteiger partial charge < -0.3 is 14.7 Å². The number of carbonyl (C=O) groups is 1. The predicted octanol–water partition coefficient (Wildman–Crippen LogP) is 2.00. The molecular weight excluding hydrogens is 261 g/mol. The fraction of sp³-hybridized carbons (Fsp3) is 0.533. The average Bonchev–Trinajstić information content (AvgIpc) is 2.39. The van der Waals surface area contributed by atoms with E-state index in [4.69, 9.17) is 9.84 Å². The monoisotopic (exact) mass is 283 g/mol. The van der Waals surface area contributed by atoms with E-state index in [1.807, 2.05) is 13.8 Å². The first kappa shape index (κ1) is 16.4. The van der Waals surface area contributed by atoms with Gasteiger partial charge in [0.05, 0.1) is 13.5 Å². The highest BCUT2D eigenvalue weighted by atomic mass is 19.1. The van der Waals surface area contributed by atoms with E-state index in [1.165, 1.54) is 19.2 Å². The zero-order chi connectivity index (χ0) is 15.1. The third-order valence-electron chi connectivity index (χ3n) is 3.07. The molecule has 0 aromatic heterocycles. The van der Waals surface area contributed by atoms with Crippen LogP contribution in [0.1, 0.15) is 25.8 Å². The van der Waals surface area contributed by atoms with Crippen molar-refractivity contribution < 1.29 is 19.0 Å². The maximum Gasteiger partial charge on any atom is 0.227 e. The lowest BCUT2D eigenvalue weighted by atomic mass is 10.1. The molecule has 0 fully saturated rings. The molecule has 0 aliphatic heterocycles. The van der Waals surface area contributed by atoms with Gasteiger partial charge in [-0.2, -0.15) is 0 Å². The van der Waals surface area contributed by atoms with Crippen molar-refractivity contribution in [2.24, 2.45) is 0 Å². The number of ether oxygens (including phenoxy) is 1. The van der Waals surface area contributed by atoms with Gasteiger partial charge >= 0.3 is 0 Å². The van der Waals surface area contributed by atoms with Gasteiger partial charge in [0.2, 0.25) is 5.91 Å². The number of amides is 1. The van der Waals surface area contributed by atoms with E-state index in [0.29, 0.717) is 18.5 Å². The molecule has 0 saturated carbocycles. The van der Waals surface area contributed by atoms with Gasteiger partial charge in [-0.3, -0.25) is 4.79 Å². The standard InChI is InChI=1S/C15H22FNO3/c1-11(2)17(7-4-8-18)15(19)10-12-5-6-14(20-3)13(16)9-12/h5-6,9,11,18H,4,7-8,10H2,1-3H3. The molecule has 5 heteroatoms. The quantitative estimate of drug-likeness (QED) is 0.832. The van der Waals surface area contributed by atoms with Crippen LogP contribution in [-0.2, 0) is 11.2 Å². The zero-order valence-corrected chi connectivity index (χ0v) is 12.2. The van der Waals surface area contributed by atoms with E-state index in [9.17, 15) is 9.18 Å². The number of rotatable bonds is 7. The minimum Gasteiger partial charge on any atom is -0.494 e. The highest BCUT2D eigenvalue weighted by Crippen LogP contribution is 2.18. The summed E-state index contributed by atoms with van der Waals surface area (Å²) in [6, 6.07) is 4.58. The topological polar surface area (TPSA) is 49.8 Å². The minimum atomic E-state index is -0.468. The summed E-state index contributed by atoms with van der Waals surface area (Å²) >= 11 is 0.